The topological polar surface area (TPSA) is 56.3 Å². The highest BCUT2D eigenvalue weighted by Crippen LogP contribution is 2.39. The van der Waals surface area contributed by atoms with Gasteiger partial charge in [0.15, 0.2) is 11.5 Å². The van der Waals surface area contributed by atoms with Gasteiger partial charge in [-0.25, -0.2) is 4.98 Å². The average molecular weight is 369 g/mol. The van der Waals surface area contributed by atoms with E-state index in [1.54, 1.807) is 12.4 Å². The van der Waals surface area contributed by atoms with Crippen molar-refractivity contribution < 1.29 is 9.47 Å². The van der Waals surface area contributed by atoms with Crippen LogP contribution in [-0.2, 0) is 6.54 Å². The Hall–Kier alpha value is -3.60. The number of ether oxygens (including phenoxy) is 2. The summed E-state index contributed by atoms with van der Waals surface area (Å²) in [7, 11) is 0. The standard InChI is InChI=1S/C23H19N3O2/c1-15-3-2-4-18-19(17-5-6-20-21(11-17)28-14-27-20)13-26-23(22(15)18)25-12-16-7-9-24-10-8-16/h2-11,13H,12,14H2,1H3,(H,25,26). The summed E-state index contributed by atoms with van der Waals surface area (Å²) in [6, 6.07) is 16.4. The summed E-state index contributed by atoms with van der Waals surface area (Å²) >= 11 is 0. The molecule has 0 amide bonds. The van der Waals surface area contributed by atoms with Crippen LogP contribution in [0.1, 0.15) is 11.1 Å². The molecule has 0 unspecified atom stereocenters. The maximum atomic E-state index is 5.55. The van der Waals surface area contributed by atoms with Crippen LogP contribution in [0, 0.1) is 6.92 Å². The fourth-order valence-electron chi connectivity index (χ4n) is 3.58. The van der Waals surface area contributed by atoms with Crippen molar-refractivity contribution in [2.24, 2.45) is 0 Å². The van der Waals surface area contributed by atoms with Crippen molar-refractivity contribution >= 4 is 16.6 Å². The van der Waals surface area contributed by atoms with Gasteiger partial charge in [-0.2, -0.15) is 0 Å². The molecule has 28 heavy (non-hydrogen) atoms. The van der Waals surface area contributed by atoms with E-state index in [1.165, 1.54) is 11.1 Å². The SMILES string of the molecule is Cc1cccc2c(-c3ccc4c(c3)OCO4)cnc(NCc3ccncc3)c12. The first-order valence-corrected chi connectivity index (χ1v) is 9.21. The highest BCUT2D eigenvalue weighted by molar-refractivity contribution is 6.03. The first-order valence-electron chi connectivity index (χ1n) is 9.21. The molecule has 0 saturated carbocycles. The van der Waals surface area contributed by atoms with E-state index < -0.39 is 0 Å². The quantitative estimate of drug-likeness (QED) is 0.552. The number of benzene rings is 2. The number of aromatic nitrogens is 2. The molecule has 2 aromatic carbocycles. The second-order valence-corrected chi connectivity index (χ2v) is 6.80. The van der Waals surface area contributed by atoms with Crippen molar-refractivity contribution in [1.29, 1.82) is 0 Å². The molecule has 138 valence electrons. The van der Waals surface area contributed by atoms with Crippen LogP contribution in [0.15, 0.2) is 67.1 Å². The lowest BCUT2D eigenvalue weighted by molar-refractivity contribution is 0.174. The summed E-state index contributed by atoms with van der Waals surface area (Å²) in [5.74, 6) is 2.44. The first-order chi connectivity index (χ1) is 13.8. The molecule has 2 aromatic heterocycles. The number of nitrogens with zero attached hydrogens (tertiary/aromatic N) is 2. The molecule has 0 saturated heterocycles. The van der Waals surface area contributed by atoms with Gasteiger partial charge in [0.1, 0.15) is 5.82 Å². The van der Waals surface area contributed by atoms with Gasteiger partial charge in [0.2, 0.25) is 6.79 Å². The van der Waals surface area contributed by atoms with Crippen LogP contribution in [0.4, 0.5) is 5.82 Å². The van der Waals surface area contributed by atoms with Gasteiger partial charge in [0, 0.05) is 36.1 Å². The van der Waals surface area contributed by atoms with Crippen LogP contribution in [0.5, 0.6) is 11.5 Å². The van der Waals surface area contributed by atoms with Gasteiger partial charge < -0.3 is 14.8 Å². The van der Waals surface area contributed by atoms with E-state index in [4.69, 9.17) is 14.5 Å². The van der Waals surface area contributed by atoms with E-state index in [2.05, 4.69) is 41.5 Å². The summed E-state index contributed by atoms with van der Waals surface area (Å²) in [5, 5.41) is 5.77. The minimum absolute atomic E-state index is 0.273. The predicted molar refractivity (Wildman–Crippen MR) is 110 cm³/mol. The third kappa shape index (κ3) is 2.91. The summed E-state index contributed by atoms with van der Waals surface area (Å²) in [4.78, 5) is 8.83. The van der Waals surface area contributed by atoms with Gasteiger partial charge in [-0.3, -0.25) is 4.98 Å². The molecule has 5 nitrogen and oxygen atoms in total. The lowest BCUT2D eigenvalue weighted by Gasteiger charge is -2.14. The Labute approximate surface area is 163 Å². The number of nitrogens with one attached hydrogen (secondary N) is 1. The van der Waals surface area contributed by atoms with Crippen LogP contribution in [0.3, 0.4) is 0 Å². The Bertz CT molecular complexity index is 1160. The summed E-state index contributed by atoms with van der Waals surface area (Å²) in [5.41, 5.74) is 4.49. The van der Waals surface area contributed by atoms with Gasteiger partial charge >= 0.3 is 0 Å². The molecule has 1 N–H and O–H groups in total. The minimum atomic E-state index is 0.273. The van der Waals surface area contributed by atoms with Crippen molar-refractivity contribution in [2.75, 3.05) is 12.1 Å². The zero-order valence-corrected chi connectivity index (χ0v) is 15.5. The minimum Gasteiger partial charge on any atom is -0.454 e. The number of hydrogen-bond donors (Lipinski definition) is 1. The molecule has 0 spiro atoms. The normalized spacial score (nSPS) is 12.3. The monoisotopic (exact) mass is 369 g/mol. The van der Waals surface area contributed by atoms with Crippen molar-refractivity contribution in [3.8, 4) is 22.6 Å². The van der Waals surface area contributed by atoms with Crippen LogP contribution in [0.25, 0.3) is 21.9 Å². The third-order valence-corrected chi connectivity index (χ3v) is 5.02. The molecule has 1 aliphatic rings. The average Bonchev–Trinajstić information content (AvgIpc) is 3.21. The molecular formula is C23H19N3O2. The molecule has 0 radical (unpaired) electrons. The van der Waals surface area contributed by atoms with Crippen molar-refractivity contribution in [1.82, 2.24) is 9.97 Å². The molecule has 5 rings (SSSR count). The van der Waals surface area contributed by atoms with Gasteiger partial charge in [0.25, 0.3) is 0 Å². The number of rotatable bonds is 4. The Morgan fingerprint density at radius 1 is 1.00 bits per heavy atom. The van der Waals surface area contributed by atoms with Crippen LogP contribution >= 0.6 is 0 Å². The zero-order chi connectivity index (χ0) is 18.9. The van der Waals surface area contributed by atoms with Crippen molar-refractivity contribution in [2.45, 2.75) is 13.5 Å². The smallest absolute Gasteiger partial charge is 0.231 e. The van der Waals surface area contributed by atoms with E-state index in [-0.39, 0.29) is 6.79 Å². The second-order valence-electron chi connectivity index (χ2n) is 6.80. The Kier molecular flexibility index (Phi) is 4.05. The third-order valence-electron chi connectivity index (χ3n) is 5.02. The second kappa shape index (κ2) is 6.85. The lowest BCUT2D eigenvalue weighted by atomic mass is 9.97. The van der Waals surface area contributed by atoms with E-state index in [0.717, 1.165) is 39.2 Å². The molecule has 0 fully saturated rings. The largest absolute Gasteiger partial charge is 0.454 e. The van der Waals surface area contributed by atoms with E-state index >= 15 is 0 Å². The molecular weight excluding hydrogens is 350 g/mol. The summed E-state index contributed by atoms with van der Waals surface area (Å²) in [6.45, 7) is 3.09. The lowest BCUT2D eigenvalue weighted by Crippen LogP contribution is -2.03. The zero-order valence-electron chi connectivity index (χ0n) is 15.5. The fourth-order valence-corrected chi connectivity index (χ4v) is 3.58. The van der Waals surface area contributed by atoms with E-state index in [0.29, 0.717) is 6.54 Å². The first kappa shape index (κ1) is 16.6. The van der Waals surface area contributed by atoms with E-state index in [1.807, 2.05) is 30.5 Å². The van der Waals surface area contributed by atoms with Gasteiger partial charge in [-0.05, 0) is 53.3 Å². The van der Waals surface area contributed by atoms with Gasteiger partial charge in [-0.15, -0.1) is 0 Å². The summed E-state index contributed by atoms with van der Waals surface area (Å²) < 4.78 is 11.0. The van der Waals surface area contributed by atoms with Crippen LogP contribution < -0.4 is 14.8 Å². The van der Waals surface area contributed by atoms with Crippen molar-refractivity contribution in [3.63, 3.8) is 0 Å². The molecule has 0 bridgehead atoms. The van der Waals surface area contributed by atoms with E-state index in [9.17, 15) is 0 Å². The number of hydrogen-bond acceptors (Lipinski definition) is 5. The molecule has 0 aliphatic carbocycles. The Morgan fingerprint density at radius 2 is 1.86 bits per heavy atom. The molecule has 1 aliphatic heterocycles. The Balaban J connectivity index is 1.58. The molecule has 3 heterocycles. The molecule has 0 atom stereocenters. The molecule has 4 aromatic rings. The Morgan fingerprint density at radius 3 is 2.75 bits per heavy atom. The predicted octanol–water partition coefficient (Wildman–Crippen LogP) is 4.95. The maximum absolute atomic E-state index is 5.55. The van der Waals surface area contributed by atoms with Gasteiger partial charge in [-0.1, -0.05) is 24.3 Å². The van der Waals surface area contributed by atoms with Crippen molar-refractivity contribution in [3.05, 3.63) is 78.2 Å². The van der Waals surface area contributed by atoms with Crippen LogP contribution in [0.2, 0.25) is 0 Å². The fraction of sp³-hybridized carbons (Fsp3) is 0.130. The van der Waals surface area contributed by atoms with Crippen LogP contribution in [-0.4, -0.2) is 16.8 Å². The summed E-state index contributed by atoms with van der Waals surface area (Å²) in [6.07, 6.45) is 5.53. The highest BCUT2D eigenvalue weighted by Gasteiger charge is 2.16. The maximum Gasteiger partial charge on any atom is 0.231 e. The highest BCUT2D eigenvalue weighted by atomic mass is 16.7. The number of aryl methyl sites for hydroxylation is 1. The number of anilines is 1. The molecule has 5 heteroatoms. The number of fused-ring (bicyclic) bond motifs is 2. The number of pyridine rings is 2. The van der Waals surface area contributed by atoms with Gasteiger partial charge in [0.05, 0.1) is 0 Å².